The van der Waals surface area contributed by atoms with Crippen LogP contribution in [-0.2, 0) is 20.0 Å². The zero-order chi connectivity index (χ0) is 35.9. The van der Waals surface area contributed by atoms with Crippen LogP contribution >= 0.6 is 0 Å². The number of hydrogen-bond acceptors (Lipinski definition) is 11. The third kappa shape index (κ3) is 8.56. The summed E-state index contributed by atoms with van der Waals surface area (Å²) < 4.78 is 53.4. The van der Waals surface area contributed by atoms with E-state index in [1.54, 1.807) is 38.1 Å². The summed E-state index contributed by atoms with van der Waals surface area (Å²) in [4.78, 5) is 9.88. The smallest absolute Gasteiger partial charge is 0.240 e. The first-order chi connectivity index (χ1) is 23.9. The van der Waals surface area contributed by atoms with Crippen molar-refractivity contribution in [2.75, 3.05) is 30.3 Å². The predicted octanol–water partition coefficient (Wildman–Crippen LogP) is 5.68. The Morgan fingerprint density at radius 2 is 1.04 bits per heavy atom. The average molecular weight is 712 g/mol. The Hall–Kier alpha value is -5.48. The van der Waals surface area contributed by atoms with Crippen molar-refractivity contribution in [1.82, 2.24) is 19.4 Å². The van der Waals surface area contributed by atoms with Gasteiger partial charge in [-0.15, -0.1) is 0 Å². The summed E-state index contributed by atoms with van der Waals surface area (Å²) in [6.07, 6.45) is 0. The molecule has 50 heavy (non-hydrogen) atoms. The van der Waals surface area contributed by atoms with Crippen molar-refractivity contribution in [3.8, 4) is 11.1 Å². The maximum Gasteiger partial charge on any atom is 0.240 e. The van der Waals surface area contributed by atoms with Crippen LogP contribution < -0.4 is 25.6 Å². The van der Waals surface area contributed by atoms with E-state index in [1.807, 2.05) is 61.5 Å². The second kappa shape index (κ2) is 15.4. The van der Waals surface area contributed by atoms with Crippen LogP contribution in [0.25, 0.3) is 11.1 Å². The summed E-state index contributed by atoms with van der Waals surface area (Å²) in [5.41, 5.74) is 12.0. The number of para-hydroxylation sites is 1. The zero-order valence-corrected chi connectivity index (χ0v) is 29.7. The fraction of sp³-hybridized carbons (Fsp3) is 0.143. The van der Waals surface area contributed by atoms with E-state index in [9.17, 15) is 16.8 Å². The van der Waals surface area contributed by atoms with Gasteiger partial charge in [0.1, 0.15) is 0 Å². The van der Waals surface area contributed by atoms with Crippen LogP contribution in [-0.4, -0.2) is 52.3 Å². The van der Waals surface area contributed by atoms with Crippen molar-refractivity contribution in [1.29, 1.82) is 0 Å². The molecule has 0 aliphatic rings. The maximum absolute atomic E-state index is 12.2. The van der Waals surface area contributed by atoms with E-state index in [-0.39, 0.29) is 15.7 Å². The molecule has 5 N–H and O–H groups in total. The molecule has 0 aliphatic carbocycles. The molecule has 0 saturated carbocycles. The number of benzene rings is 4. The lowest BCUT2D eigenvalue weighted by Gasteiger charge is -2.16. The molecule has 0 radical (unpaired) electrons. The molecule has 13 nitrogen and oxygen atoms in total. The summed E-state index contributed by atoms with van der Waals surface area (Å²) in [5.74, 6) is 1.00. The number of nitrogens with zero attached hydrogens (tertiary/aromatic N) is 4. The Bertz CT molecular complexity index is 2130. The van der Waals surface area contributed by atoms with Crippen LogP contribution in [0.1, 0.15) is 30.5 Å². The van der Waals surface area contributed by atoms with Gasteiger partial charge in [0, 0.05) is 5.69 Å². The largest absolute Gasteiger partial charge is 0.324 e. The maximum atomic E-state index is 12.2. The SMILES string of the molecule is CNS(=O)(=O)c1ccc(C(C)=NNc2nc(Nc3ccccc3)nc(NN=C(C)c3ccc(S(=O)(=O)NC)cc3)c2-c2ccc(C)cc2)cc1. The van der Waals surface area contributed by atoms with Crippen molar-refractivity contribution in [3.63, 3.8) is 0 Å². The molecule has 5 rings (SSSR count). The molecule has 15 heteroatoms. The summed E-state index contributed by atoms with van der Waals surface area (Å²) >= 11 is 0. The van der Waals surface area contributed by atoms with E-state index in [4.69, 9.17) is 9.97 Å². The van der Waals surface area contributed by atoms with Gasteiger partial charge in [0.2, 0.25) is 26.0 Å². The Morgan fingerprint density at radius 1 is 0.600 bits per heavy atom. The summed E-state index contributed by atoms with van der Waals surface area (Å²) in [6.45, 7) is 5.58. The van der Waals surface area contributed by atoms with Crippen LogP contribution in [0.4, 0.5) is 23.3 Å². The summed E-state index contributed by atoms with van der Waals surface area (Å²) in [7, 11) is -4.44. The van der Waals surface area contributed by atoms with Crippen LogP contribution in [0.3, 0.4) is 0 Å². The number of nitrogens with one attached hydrogen (secondary N) is 5. The van der Waals surface area contributed by atoms with Crippen molar-refractivity contribution in [2.24, 2.45) is 10.2 Å². The molecule has 0 bridgehead atoms. The minimum atomic E-state index is -3.58. The quantitative estimate of drug-likeness (QED) is 0.0759. The topological polar surface area (TPSA) is 179 Å². The molecule has 5 aromatic rings. The van der Waals surface area contributed by atoms with Crippen LogP contribution in [0, 0.1) is 6.92 Å². The fourth-order valence-corrected chi connectivity index (χ4v) is 6.17. The number of hydrogen-bond donors (Lipinski definition) is 5. The molecule has 258 valence electrons. The number of sulfonamides is 2. The Morgan fingerprint density at radius 3 is 1.46 bits per heavy atom. The normalized spacial score (nSPS) is 12.4. The highest BCUT2D eigenvalue weighted by molar-refractivity contribution is 7.89. The monoisotopic (exact) mass is 711 g/mol. The molecule has 0 fully saturated rings. The molecule has 0 atom stereocenters. The molecule has 0 spiro atoms. The lowest BCUT2D eigenvalue weighted by atomic mass is 10.1. The first-order valence-corrected chi connectivity index (χ1v) is 18.4. The highest BCUT2D eigenvalue weighted by atomic mass is 32.2. The molecular weight excluding hydrogens is 675 g/mol. The van der Waals surface area contributed by atoms with Gasteiger partial charge < -0.3 is 5.32 Å². The van der Waals surface area contributed by atoms with Gasteiger partial charge in [0.05, 0.1) is 26.8 Å². The van der Waals surface area contributed by atoms with Crippen molar-refractivity contribution < 1.29 is 16.8 Å². The van der Waals surface area contributed by atoms with E-state index in [0.717, 1.165) is 16.8 Å². The van der Waals surface area contributed by atoms with E-state index in [1.165, 1.54) is 38.4 Å². The van der Waals surface area contributed by atoms with E-state index < -0.39 is 20.0 Å². The van der Waals surface area contributed by atoms with Gasteiger partial charge in [-0.25, -0.2) is 26.3 Å². The number of anilines is 4. The fourth-order valence-electron chi connectivity index (χ4n) is 4.71. The third-order valence-corrected chi connectivity index (χ3v) is 10.5. The Kier molecular flexibility index (Phi) is 11.0. The zero-order valence-electron chi connectivity index (χ0n) is 28.1. The minimum absolute atomic E-state index is 0.143. The Balaban J connectivity index is 1.57. The number of hydrazone groups is 2. The number of aromatic nitrogens is 2. The number of aryl methyl sites for hydroxylation is 1. The second-order valence-corrected chi connectivity index (χ2v) is 14.8. The molecule has 1 aromatic heterocycles. The molecule has 1 heterocycles. The van der Waals surface area contributed by atoms with Crippen molar-refractivity contribution in [3.05, 3.63) is 120 Å². The van der Waals surface area contributed by atoms with E-state index in [2.05, 4.69) is 35.8 Å². The molecule has 0 amide bonds. The molecule has 0 saturated heterocycles. The molecular formula is C35H37N9O4S2. The van der Waals surface area contributed by atoms with Crippen molar-refractivity contribution >= 4 is 54.7 Å². The van der Waals surface area contributed by atoms with Gasteiger partial charge in [-0.1, -0.05) is 72.3 Å². The first kappa shape index (κ1) is 35.8. The average Bonchev–Trinajstić information content (AvgIpc) is 3.13. The minimum Gasteiger partial charge on any atom is -0.324 e. The lowest BCUT2D eigenvalue weighted by molar-refractivity contribution is 0.586. The van der Waals surface area contributed by atoms with E-state index in [0.29, 0.717) is 39.7 Å². The van der Waals surface area contributed by atoms with Gasteiger partial charge >= 0.3 is 0 Å². The third-order valence-electron chi connectivity index (χ3n) is 7.64. The van der Waals surface area contributed by atoms with Gasteiger partial charge in [-0.05, 0) is 88.0 Å². The highest BCUT2D eigenvalue weighted by Crippen LogP contribution is 2.35. The van der Waals surface area contributed by atoms with Gasteiger partial charge in [0.15, 0.2) is 11.6 Å². The van der Waals surface area contributed by atoms with Gasteiger partial charge in [-0.3, -0.25) is 10.9 Å². The highest BCUT2D eigenvalue weighted by Gasteiger charge is 2.18. The van der Waals surface area contributed by atoms with E-state index >= 15 is 0 Å². The Labute approximate surface area is 292 Å². The van der Waals surface area contributed by atoms with Crippen LogP contribution in [0.15, 0.2) is 123 Å². The van der Waals surface area contributed by atoms with Gasteiger partial charge in [-0.2, -0.15) is 20.2 Å². The summed E-state index contributed by atoms with van der Waals surface area (Å²) in [5, 5.41) is 12.5. The second-order valence-electron chi connectivity index (χ2n) is 11.1. The molecule has 0 unspecified atom stereocenters. The number of rotatable bonds is 13. The lowest BCUT2D eigenvalue weighted by Crippen LogP contribution is -2.18. The predicted molar refractivity (Wildman–Crippen MR) is 199 cm³/mol. The first-order valence-electron chi connectivity index (χ1n) is 15.4. The van der Waals surface area contributed by atoms with Gasteiger partial charge in [0.25, 0.3) is 0 Å². The van der Waals surface area contributed by atoms with Crippen LogP contribution in [0.5, 0.6) is 0 Å². The molecule has 4 aromatic carbocycles. The van der Waals surface area contributed by atoms with Crippen molar-refractivity contribution in [2.45, 2.75) is 30.6 Å². The standard InChI is InChI=1S/C35H37N9O4S2/c1-23-11-13-28(14-12-23)32-33(43-41-24(2)26-15-19-30(20-16-26)49(45,46)36-4)39-35(38-29-9-7-6-8-10-29)40-34(32)44-42-25(3)27-17-21-31(22-18-27)50(47,48)37-5/h6-22,36-37H,1-5H3,(H3,38,39,40,43,44). The van der Waals surface area contributed by atoms with Crippen LogP contribution in [0.2, 0.25) is 0 Å². The molecule has 0 aliphatic heterocycles. The summed E-state index contributed by atoms with van der Waals surface area (Å²) in [6, 6.07) is 30.1.